The lowest BCUT2D eigenvalue weighted by Gasteiger charge is -1.74. The SMILES string of the molecule is Brc1nnc[n-]1. The Hall–Kier alpha value is -0.380. The molecule has 0 aliphatic heterocycles. The Bertz CT molecular complexity index is 112. The highest BCUT2D eigenvalue weighted by Crippen LogP contribution is 1.91. The Morgan fingerprint density at radius 2 is 2.67 bits per heavy atom. The average molecular weight is 147 g/mol. The lowest BCUT2D eigenvalue weighted by Crippen LogP contribution is -1.63. The van der Waals surface area contributed by atoms with E-state index in [2.05, 4.69) is 31.1 Å². The summed E-state index contributed by atoms with van der Waals surface area (Å²) >= 11 is 3.00. The Morgan fingerprint density at radius 1 is 1.83 bits per heavy atom. The van der Waals surface area contributed by atoms with E-state index in [1.807, 2.05) is 0 Å². The first-order valence-electron chi connectivity index (χ1n) is 1.35. The standard InChI is InChI=1S/C2HBrN3/c3-2-4-1-5-6-2/h1H/q-1. The summed E-state index contributed by atoms with van der Waals surface area (Å²) in [5, 5.41) is 6.89. The van der Waals surface area contributed by atoms with Gasteiger partial charge in [0.2, 0.25) is 0 Å². The van der Waals surface area contributed by atoms with Crippen molar-refractivity contribution in [2.24, 2.45) is 0 Å². The summed E-state index contributed by atoms with van der Waals surface area (Å²) < 4.78 is 0.544. The summed E-state index contributed by atoms with van der Waals surface area (Å²) in [4.78, 5) is 3.61. The van der Waals surface area contributed by atoms with E-state index in [9.17, 15) is 0 Å². The highest BCUT2D eigenvalue weighted by atomic mass is 79.9. The third-order valence-corrected chi connectivity index (χ3v) is 0.720. The fourth-order valence-corrected chi connectivity index (χ4v) is 0.356. The Kier molecular flexibility index (Phi) is 0.874. The second kappa shape index (κ2) is 1.38. The topological polar surface area (TPSA) is 39.9 Å². The molecule has 0 saturated heterocycles. The van der Waals surface area contributed by atoms with Gasteiger partial charge in [0.15, 0.2) is 0 Å². The lowest BCUT2D eigenvalue weighted by molar-refractivity contribution is 1.07. The van der Waals surface area contributed by atoms with E-state index in [-0.39, 0.29) is 0 Å². The van der Waals surface area contributed by atoms with E-state index in [4.69, 9.17) is 0 Å². The van der Waals surface area contributed by atoms with Gasteiger partial charge in [0.25, 0.3) is 0 Å². The van der Waals surface area contributed by atoms with Gasteiger partial charge in [-0.25, -0.2) is 0 Å². The van der Waals surface area contributed by atoms with Gasteiger partial charge in [-0.1, -0.05) is 0 Å². The van der Waals surface area contributed by atoms with Crippen LogP contribution in [0.4, 0.5) is 0 Å². The van der Waals surface area contributed by atoms with Crippen LogP contribution in [0.15, 0.2) is 11.1 Å². The molecule has 0 amide bonds. The summed E-state index contributed by atoms with van der Waals surface area (Å²) in [6, 6.07) is 0. The van der Waals surface area contributed by atoms with Crippen molar-refractivity contribution in [2.75, 3.05) is 0 Å². The summed E-state index contributed by atoms with van der Waals surface area (Å²) in [5.41, 5.74) is 0. The van der Waals surface area contributed by atoms with Gasteiger partial charge < -0.3 is 15.2 Å². The van der Waals surface area contributed by atoms with Gasteiger partial charge in [0, 0.05) is 0 Å². The molecule has 0 saturated carbocycles. The molecule has 1 aromatic heterocycles. The minimum Gasteiger partial charge on any atom is -0.360 e. The molecular formula is C2HBrN3-. The van der Waals surface area contributed by atoms with Crippen LogP contribution in [0.3, 0.4) is 0 Å². The number of hydrogen-bond acceptors (Lipinski definition) is 2. The monoisotopic (exact) mass is 146 g/mol. The van der Waals surface area contributed by atoms with E-state index in [1.165, 1.54) is 6.33 Å². The van der Waals surface area contributed by atoms with Crippen LogP contribution >= 0.6 is 15.9 Å². The molecule has 6 heavy (non-hydrogen) atoms. The van der Waals surface area contributed by atoms with E-state index < -0.39 is 0 Å². The fourth-order valence-electron chi connectivity index (χ4n) is 0.173. The highest BCUT2D eigenvalue weighted by molar-refractivity contribution is 9.10. The average Bonchev–Trinajstić information content (AvgIpc) is 1.86. The molecule has 1 aromatic rings. The molecule has 4 heteroatoms. The van der Waals surface area contributed by atoms with Crippen molar-refractivity contribution in [1.29, 1.82) is 0 Å². The van der Waals surface area contributed by atoms with Crippen LogP contribution in [-0.2, 0) is 0 Å². The van der Waals surface area contributed by atoms with Gasteiger partial charge in [-0.3, -0.25) is 0 Å². The highest BCUT2D eigenvalue weighted by Gasteiger charge is 1.65. The van der Waals surface area contributed by atoms with Gasteiger partial charge in [0.05, 0.1) is 4.73 Å². The molecule has 0 N–H and O–H groups in total. The maximum absolute atomic E-state index is 3.61. The Morgan fingerprint density at radius 3 is 2.83 bits per heavy atom. The van der Waals surface area contributed by atoms with E-state index >= 15 is 0 Å². The van der Waals surface area contributed by atoms with Crippen LogP contribution in [-0.4, -0.2) is 10.2 Å². The number of nitrogens with zero attached hydrogens (tertiary/aromatic N) is 3. The molecule has 0 radical (unpaired) electrons. The Balaban J connectivity index is 3.05. The quantitative estimate of drug-likeness (QED) is 0.526. The van der Waals surface area contributed by atoms with E-state index in [0.717, 1.165) is 0 Å². The molecular weight excluding hydrogens is 146 g/mol. The predicted octanol–water partition coefficient (Wildman–Crippen LogP) is 0.196. The van der Waals surface area contributed by atoms with Crippen LogP contribution in [0.2, 0.25) is 0 Å². The van der Waals surface area contributed by atoms with Crippen LogP contribution < -0.4 is 4.98 Å². The van der Waals surface area contributed by atoms with Crippen LogP contribution in [0.1, 0.15) is 0 Å². The zero-order valence-corrected chi connectivity index (χ0v) is 4.38. The second-order valence-electron chi connectivity index (χ2n) is 0.729. The maximum atomic E-state index is 3.61. The first-order chi connectivity index (χ1) is 2.89. The minimum atomic E-state index is 0.544. The van der Waals surface area contributed by atoms with Crippen molar-refractivity contribution in [3.8, 4) is 0 Å². The molecule has 0 spiro atoms. The normalized spacial score (nSPS) is 8.83. The van der Waals surface area contributed by atoms with Crippen molar-refractivity contribution < 1.29 is 0 Å². The molecule has 0 fully saturated rings. The predicted molar refractivity (Wildman–Crippen MR) is 23.1 cm³/mol. The van der Waals surface area contributed by atoms with Crippen molar-refractivity contribution in [2.45, 2.75) is 0 Å². The van der Waals surface area contributed by atoms with Crippen LogP contribution in [0, 0.1) is 0 Å². The first-order valence-corrected chi connectivity index (χ1v) is 2.15. The van der Waals surface area contributed by atoms with Crippen molar-refractivity contribution in [3.63, 3.8) is 0 Å². The molecule has 0 aliphatic rings. The van der Waals surface area contributed by atoms with Crippen molar-refractivity contribution in [3.05, 3.63) is 11.1 Å². The third-order valence-electron chi connectivity index (χ3n) is 0.356. The zero-order valence-electron chi connectivity index (χ0n) is 2.80. The van der Waals surface area contributed by atoms with E-state index in [1.54, 1.807) is 0 Å². The van der Waals surface area contributed by atoms with E-state index in [0.29, 0.717) is 4.73 Å². The lowest BCUT2D eigenvalue weighted by atomic mass is 11.3. The van der Waals surface area contributed by atoms with Gasteiger partial charge in [0.1, 0.15) is 0 Å². The summed E-state index contributed by atoms with van der Waals surface area (Å²) in [6.45, 7) is 0. The maximum Gasteiger partial charge on any atom is 0.0571 e. The molecule has 0 aliphatic carbocycles. The molecule has 0 unspecified atom stereocenters. The number of rotatable bonds is 0. The number of aromatic nitrogens is 3. The number of hydrogen-bond donors (Lipinski definition) is 0. The minimum absolute atomic E-state index is 0.544. The van der Waals surface area contributed by atoms with Crippen LogP contribution in [0.25, 0.3) is 0 Å². The molecule has 1 heterocycles. The zero-order chi connectivity index (χ0) is 4.41. The number of halogens is 1. The van der Waals surface area contributed by atoms with Gasteiger partial charge in [-0.2, -0.15) is 0 Å². The fraction of sp³-hybridized carbons (Fsp3) is 0. The first kappa shape index (κ1) is 3.80. The van der Waals surface area contributed by atoms with Gasteiger partial charge >= 0.3 is 0 Å². The molecule has 3 nitrogen and oxygen atoms in total. The molecule has 0 bridgehead atoms. The molecule has 0 atom stereocenters. The van der Waals surface area contributed by atoms with Crippen molar-refractivity contribution >= 4 is 15.9 Å². The molecule has 0 aromatic carbocycles. The smallest absolute Gasteiger partial charge is 0.0571 e. The summed E-state index contributed by atoms with van der Waals surface area (Å²) in [5.74, 6) is 0. The molecule has 32 valence electrons. The molecule has 1 rings (SSSR count). The second-order valence-corrected chi connectivity index (χ2v) is 1.44. The summed E-state index contributed by atoms with van der Waals surface area (Å²) in [7, 11) is 0. The largest absolute Gasteiger partial charge is 0.360 e. The van der Waals surface area contributed by atoms with Gasteiger partial charge in [-0.15, -0.1) is 0 Å². The van der Waals surface area contributed by atoms with Crippen molar-refractivity contribution in [1.82, 2.24) is 15.2 Å². The van der Waals surface area contributed by atoms with Gasteiger partial charge in [-0.05, 0) is 22.3 Å². The van der Waals surface area contributed by atoms with Crippen LogP contribution in [0.5, 0.6) is 0 Å². The third kappa shape index (κ3) is 0.567. The summed E-state index contributed by atoms with van der Waals surface area (Å²) in [6.07, 6.45) is 1.38. The Labute approximate surface area is 42.9 Å².